The van der Waals surface area contributed by atoms with E-state index in [1.807, 2.05) is 7.05 Å². The van der Waals surface area contributed by atoms with E-state index in [0.29, 0.717) is 0 Å². The summed E-state index contributed by atoms with van der Waals surface area (Å²) in [4.78, 5) is 0. The van der Waals surface area contributed by atoms with E-state index < -0.39 is 0 Å². The van der Waals surface area contributed by atoms with Gasteiger partial charge >= 0.3 is 0 Å². The highest BCUT2D eigenvalue weighted by Crippen LogP contribution is 2.22. The quantitative estimate of drug-likeness (QED) is 0.724. The average molecular weight is 207 g/mol. The van der Waals surface area contributed by atoms with Crippen LogP contribution in [-0.4, -0.2) is 20.2 Å². The Bertz CT molecular complexity index is 276. The molecule has 0 amide bonds. The number of aryl methyl sites for hydroxylation is 2. The monoisotopic (exact) mass is 207 g/mol. The molecule has 0 radical (unpaired) electrons. The van der Waals surface area contributed by atoms with E-state index in [9.17, 15) is 0 Å². The molecule has 0 fully saturated rings. The molecule has 1 aromatic carbocycles. The SMILES string of the molecule is CNCCCCOc1c(C)cccc1C. The van der Waals surface area contributed by atoms with Crippen LogP contribution in [0.1, 0.15) is 24.0 Å². The van der Waals surface area contributed by atoms with Gasteiger partial charge in [0.15, 0.2) is 0 Å². The lowest BCUT2D eigenvalue weighted by molar-refractivity contribution is 0.302. The van der Waals surface area contributed by atoms with Gasteiger partial charge in [0.1, 0.15) is 5.75 Å². The minimum absolute atomic E-state index is 0.813. The number of para-hydroxylation sites is 1. The summed E-state index contributed by atoms with van der Waals surface area (Å²) in [5.74, 6) is 1.06. The molecule has 0 aliphatic rings. The van der Waals surface area contributed by atoms with Crippen molar-refractivity contribution in [2.45, 2.75) is 26.7 Å². The molecule has 0 aromatic heterocycles. The summed E-state index contributed by atoms with van der Waals surface area (Å²) in [5.41, 5.74) is 2.45. The van der Waals surface area contributed by atoms with Crippen molar-refractivity contribution in [2.75, 3.05) is 20.2 Å². The standard InChI is InChI=1S/C13H21NO/c1-11-7-6-8-12(2)13(11)15-10-5-4-9-14-3/h6-8,14H,4-5,9-10H2,1-3H3. The largest absolute Gasteiger partial charge is 0.493 e. The number of hydrogen-bond donors (Lipinski definition) is 1. The molecule has 2 heteroatoms. The van der Waals surface area contributed by atoms with Crippen molar-refractivity contribution in [2.24, 2.45) is 0 Å². The predicted molar refractivity (Wildman–Crippen MR) is 64.6 cm³/mol. The lowest BCUT2D eigenvalue weighted by Gasteiger charge is -2.11. The number of unbranched alkanes of at least 4 members (excludes halogenated alkanes) is 1. The van der Waals surface area contributed by atoms with Crippen molar-refractivity contribution >= 4 is 0 Å². The van der Waals surface area contributed by atoms with Gasteiger partial charge in [0.25, 0.3) is 0 Å². The van der Waals surface area contributed by atoms with E-state index in [1.165, 1.54) is 17.5 Å². The summed E-state index contributed by atoms with van der Waals surface area (Å²) >= 11 is 0. The van der Waals surface area contributed by atoms with Gasteiger partial charge in [-0.1, -0.05) is 18.2 Å². The summed E-state index contributed by atoms with van der Waals surface area (Å²) < 4.78 is 5.79. The second-order valence-electron chi connectivity index (χ2n) is 3.88. The normalized spacial score (nSPS) is 10.3. The number of rotatable bonds is 6. The van der Waals surface area contributed by atoms with E-state index in [4.69, 9.17) is 4.74 Å². The van der Waals surface area contributed by atoms with Gasteiger partial charge in [0, 0.05) is 0 Å². The lowest BCUT2D eigenvalue weighted by Crippen LogP contribution is -2.09. The van der Waals surface area contributed by atoms with Crippen molar-refractivity contribution in [3.8, 4) is 5.75 Å². The fourth-order valence-corrected chi connectivity index (χ4v) is 1.60. The molecule has 1 rings (SSSR count). The lowest BCUT2D eigenvalue weighted by atomic mass is 10.1. The maximum absolute atomic E-state index is 5.79. The van der Waals surface area contributed by atoms with Crippen molar-refractivity contribution in [1.82, 2.24) is 5.32 Å². The highest BCUT2D eigenvalue weighted by Gasteiger charge is 2.01. The predicted octanol–water partition coefficient (Wildman–Crippen LogP) is 2.68. The minimum Gasteiger partial charge on any atom is -0.493 e. The average Bonchev–Trinajstić information content (AvgIpc) is 2.21. The second-order valence-corrected chi connectivity index (χ2v) is 3.88. The van der Waals surface area contributed by atoms with Crippen LogP contribution in [0.3, 0.4) is 0 Å². The highest BCUT2D eigenvalue weighted by molar-refractivity contribution is 5.39. The minimum atomic E-state index is 0.813. The highest BCUT2D eigenvalue weighted by atomic mass is 16.5. The molecular weight excluding hydrogens is 186 g/mol. The summed E-state index contributed by atoms with van der Waals surface area (Å²) in [7, 11) is 1.98. The maximum Gasteiger partial charge on any atom is 0.125 e. The van der Waals surface area contributed by atoms with Gasteiger partial charge in [-0.15, -0.1) is 0 Å². The second kappa shape index (κ2) is 6.46. The first-order valence-electron chi connectivity index (χ1n) is 5.59. The molecule has 0 heterocycles. The maximum atomic E-state index is 5.79. The number of ether oxygens (including phenoxy) is 1. The zero-order chi connectivity index (χ0) is 11.1. The number of hydrogen-bond acceptors (Lipinski definition) is 2. The third-order valence-electron chi connectivity index (χ3n) is 2.48. The van der Waals surface area contributed by atoms with Crippen molar-refractivity contribution in [1.29, 1.82) is 0 Å². The summed E-state index contributed by atoms with van der Waals surface area (Å²) in [6.07, 6.45) is 2.27. The zero-order valence-electron chi connectivity index (χ0n) is 9.97. The van der Waals surface area contributed by atoms with E-state index in [0.717, 1.165) is 25.3 Å². The van der Waals surface area contributed by atoms with E-state index in [1.54, 1.807) is 0 Å². The van der Waals surface area contributed by atoms with Crippen LogP contribution < -0.4 is 10.1 Å². The van der Waals surface area contributed by atoms with E-state index >= 15 is 0 Å². The van der Waals surface area contributed by atoms with Gasteiger partial charge < -0.3 is 10.1 Å². The van der Waals surface area contributed by atoms with E-state index in [2.05, 4.69) is 37.4 Å². The Labute approximate surface area is 92.6 Å². The molecule has 0 saturated carbocycles. The van der Waals surface area contributed by atoms with Gasteiger partial charge in [-0.05, 0) is 51.4 Å². The van der Waals surface area contributed by atoms with E-state index in [-0.39, 0.29) is 0 Å². The third kappa shape index (κ3) is 3.92. The molecule has 0 aliphatic heterocycles. The van der Waals surface area contributed by atoms with Crippen LogP contribution >= 0.6 is 0 Å². The van der Waals surface area contributed by atoms with Crippen LogP contribution in [0, 0.1) is 13.8 Å². The van der Waals surface area contributed by atoms with Crippen LogP contribution in [-0.2, 0) is 0 Å². The van der Waals surface area contributed by atoms with Gasteiger partial charge in [-0.25, -0.2) is 0 Å². The van der Waals surface area contributed by atoms with Crippen molar-refractivity contribution < 1.29 is 4.74 Å². The van der Waals surface area contributed by atoms with Crippen LogP contribution in [0.15, 0.2) is 18.2 Å². The Morgan fingerprint density at radius 1 is 1.13 bits per heavy atom. The first-order valence-corrected chi connectivity index (χ1v) is 5.59. The molecular formula is C13H21NO. The molecule has 84 valence electrons. The summed E-state index contributed by atoms with van der Waals surface area (Å²) in [5, 5.41) is 3.13. The zero-order valence-corrected chi connectivity index (χ0v) is 9.97. The molecule has 0 spiro atoms. The fraction of sp³-hybridized carbons (Fsp3) is 0.538. The van der Waals surface area contributed by atoms with Crippen LogP contribution in [0.2, 0.25) is 0 Å². The van der Waals surface area contributed by atoms with Crippen molar-refractivity contribution in [3.63, 3.8) is 0 Å². The van der Waals surface area contributed by atoms with Gasteiger partial charge in [-0.2, -0.15) is 0 Å². The molecule has 0 atom stereocenters. The molecule has 0 unspecified atom stereocenters. The number of benzene rings is 1. The Morgan fingerprint density at radius 2 is 1.80 bits per heavy atom. The third-order valence-corrected chi connectivity index (χ3v) is 2.48. The Kier molecular flexibility index (Phi) is 5.19. The Hall–Kier alpha value is -1.02. The molecule has 1 N–H and O–H groups in total. The van der Waals surface area contributed by atoms with Gasteiger partial charge in [0.05, 0.1) is 6.61 Å². The smallest absolute Gasteiger partial charge is 0.125 e. The fourth-order valence-electron chi connectivity index (χ4n) is 1.60. The molecule has 0 aliphatic carbocycles. The molecule has 1 aromatic rings. The molecule has 15 heavy (non-hydrogen) atoms. The summed E-state index contributed by atoms with van der Waals surface area (Å²) in [6, 6.07) is 6.25. The Morgan fingerprint density at radius 3 is 2.40 bits per heavy atom. The summed E-state index contributed by atoms with van der Waals surface area (Å²) in [6.45, 7) is 6.06. The van der Waals surface area contributed by atoms with Gasteiger partial charge in [0.2, 0.25) is 0 Å². The van der Waals surface area contributed by atoms with Gasteiger partial charge in [-0.3, -0.25) is 0 Å². The molecule has 2 nitrogen and oxygen atoms in total. The van der Waals surface area contributed by atoms with Crippen LogP contribution in [0.25, 0.3) is 0 Å². The first-order chi connectivity index (χ1) is 7.25. The van der Waals surface area contributed by atoms with Crippen LogP contribution in [0.4, 0.5) is 0 Å². The molecule has 0 bridgehead atoms. The van der Waals surface area contributed by atoms with Crippen molar-refractivity contribution in [3.05, 3.63) is 29.3 Å². The number of nitrogens with one attached hydrogen (secondary N) is 1. The molecule has 0 saturated heterocycles. The Balaban J connectivity index is 2.37. The van der Waals surface area contributed by atoms with Crippen LogP contribution in [0.5, 0.6) is 5.75 Å². The first kappa shape index (κ1) is 12.1. The topological polar surface area (TPSA) is 21.3 Å².